The third-order valence-electron chi connectivity index (χ3n) is 5.35. The van der Waals surface area contributed by atoms with Crippen molar-refractivity contribution in [3.8, 4) is 22.9 Å². The zero-order valence-corrected chi connectivity index (χ0v) is 19.0. The topological polar surface area (TPSA) is 128 Å². The molecule has 0 saturated carbocycles. The first-order valence-electron chi connectivity index (χ1n) is 10.8. The number of aromatic amines is 1. The van der Waals surface area contributed by atoms with E-state index in [0.717, 1.165) is 16.5 Å². The minimum absolute atomic E-state index is 0.127. The lowest BCUT2D eigenvalue weighted by Crippen LogP contribution is -2.29. The average molecular weight is 467 g/mol. The quantitative estimate of drug-likeness (QED) is 0.397. The molecule has 0 bridgehead atoms. The molecule has 0 atom stereocenters. The number of carbonyl (C=O) groups is 3. The van der Waals surface area contributed by atoms with Crippen molar-refractivity contribution in [1.82, 2.24) is 9.97 Å². The summed E-state index contributed by atoms with van der Waals surface area (Å²) in [5.41, 5.74) is 3.58. The Labute approximate surface area is 201 Å². The van der Waals surface area contributed by atoms with Gasteiger partial charge in [-0.25, -0.2) is 9.78 Å². The first-order chi connectivity index (χ1) is 16.9. The van der Waals surface area contributed by atoms with Gasteiger partial charge in [-0.1, -0.05) is 25.1 Å². The van der Waals surface area contributed by atoms with Crippen LogP contribution in [0.25, 0.3) is 22.2 Å². The molecule has 0 unspecified atom stereocenters. The van der Waals surface area contributed by atoms with Gasteiger partial charge in [-0.2, -0.15) is 5.26 Å². The van der Waals surface area contributed by atoms with Crippen molar-refractivity contribution in [3.05, 3.63) is 72.6 Å². The molecule has 2 aromatic carbocycles. The predicted molar refractivity (Wildman–Crippen MR) is 131 cm³/mol. The van der Waals surface area contributed by atoms with Gasteiger partial charge in [-0.3, -0.25) is 14.5 Å². The monoisotopic (exact) mass is 467 g/mol. The van der Waals surface area contributed by atoms with Crippen LogP contribution >= 0.6 is 0 Å². The molecule has 0 spiro atoms. The van der Waals surface area contributed by atoms with E-state index in [1.54, 1.807) is 68.8 Å². The van der Waals surface area contributed by atoms with Gasteiger partial charge < -0.3 is 15.0 Å². The number of ether oxygens (including phenoxy) is 1. The van der Waals surface area contributed by atoms with Gasteiger partial charge in [0.25, 0.3) is 5.91 Å². The summed E-state index contributed by atoms with van der Waals surface area (Å²) in [6.45, 7) is 1.63. The molecule has 0 aliphatic carbocycles. The number of nitriles is 1. The molecule has 4 rings (SSSR count). The Kier molecular flexibility index (Phi) is 6.55. The molecule has 0 aliphatic heterocycles. The molecule has 2 N–H and O–H groups in total. The number of pyridine rings is 1. The van der Waals surface area contributed by atoms with E-state index in [2.05, 4.69) is 15.3 Å². The number of aromatic nitrogens is 2. The van der Waals surface area contributed by atoms with Crippen molar-refractivity contribution in [2.45, 2.75) is 13.3 Å². The number of anilines is 2. The van der Waals surface area contributed by atoms with Gasteiger partial charge in [-0.05, 0) is 42.0 Å². The second-order valence-electron chi connectivity index (χ2n) is 7.67. The Bertz CT molecular complexity index is 1480. The maximum absolute atomic E-state index is 12.7. The lowest BCUT2D eigenvalue weighted by atomic mass is 10.0. The number of H-pyrrole nitrogens is 1. The molecule has 2 aromatic heterocycles. The third kappa shape index (κ3) is 5.02. The lowest BCUT2D eigenvalue weighted by molar-refractivity contribution is -0.134. The molecule has 0 saturated heterocycles. The number of hydrogen-bond donors (Lipinski definition) is 2. The summed E-state index contributed by atoms with van der Waals surface area (Å²) >= 11 is 0. The molecule has 0 fully saturated rings. The van der Waals surface area contributed by atoms with E-state index in [1.807, 2.05) is 12.1 Å². The number of carbonyl (C=O) groups excluding carboxylic acids is 3. The highest BCUT2D eigenvalue weighted by atomic mass is 16.6. The highest BCUT2D eigenvalue weighted by Crippen LogP contribution is 2.31. The van der Waals surface area contributed by atoms with E-state index >= 15 is 0 Å². The van der Waals surface area contributed by atoms with Crippen LogP contribution in [0.2, 0.25) is 0 Å². The number of Topliss-reactive ketones (excluding diaryl/α,β-unsaturated/α-hetero) is 1. The van der Waals surface area contributed by atoms with Crippen molar-refractivity contribution in [2.24, 2.45) is 0 Å². The van der Waals surface area contributed by atoms with E-state index < -0.39 is 17.8 Å². The highest BCUT2D eigenvalue weighted by molar-refractivity contribution is 6.40. The van der Waals surface area contributed by atoms with Gasteiger partial charge in [0.05, 0.1) is 23.5 Å². The second-order valence-corrected chi connectivity index (χ2v) is 7.67. The Balaban J connectivity index is 1.60. The number of amides is 2. The molecule has 9 heteroatoms. The van der Waals surface area contributed by atoms with Gasteiger partial charge >= 0.3 is 6.09 Å². The summed E-state index contributed by atoms with van der Waals surface area (Å²) in [4.78, 5) is 45.1. The largest absolute Gasteiger partial charge is 0.419 e. The number of benzene rings is 2. The number of nitrogens with zero attached hydrogens (tertiary/aromatic N) is 3. The molecule has 4 aromatic rings. The summed E-state index contributed by atoms with van der Waals surface area (Å²) in [5, 5.41) is 12.4. The molecule has 0 aliphatic rings. The van der Waals surface area contributed by atoms with Crippen LogP contribution in [0.1, 0.15) is 18.9 Å². The van der Waals surface area contributed by atoms with E-state index in [1.165, 1.54) is 11.0 Å². The smallest absolute Gasteiger partial charge is 0.410 e. The molecule has 2 amide bonds. The Morgan fingerprint density at radius 3 is 2.71 bits per heavy atom. The van der Waals surface area contributed by atoms with Gasteiger partial charge in [0.1, 0.15) is 11.4 Å². The zero-order chi connectivity index (χ0) is 24.9. The van der Waals surface area contributed by atoms with Gasteiger partial charge in [0.15, 0.2) is 0 Å². The minimum Gasteiger partial charge on any atom is -0.410 e. The van der Waals surface area contributed by atoms with E-state index in [9.17, 15) is 14.4 Å². The fourth-order valence-corrected chi connectivity index (χ4v) is 3.44. The normalized spacial score (nSPS) is 10.4. The van der Waals surface area contributed by atoms with Crippen molar-refractivity contribution in [3.63, 3.8) is 0 Å². The van der Waals surface area contributed by atoms with Crippen molar-refractivity contribution < 1.29 is 19.1 Å². The summed E-state index contributed by atoms with van der Waals surface area (Å²) in [5.74, 6) is -0.892. The number of hydrogen-bond acceptors (Lipinski definition) is 6. The summed E-state index contributed by atoms with van der Waals surface area (Å²) in [6, 6.07) is 17.2. The third-order valence-corrected chi connectivity index (χ3v) is 5.35. The Hall–Kier alpha value is -4.97. The van der Waals surface area contributed by atoms with Crippen LogP contribution in [0, 0.1) is 11.3 Å². The van der Waals surface area contributed by atoms with Crippen LogP contribution in [0.15, 0.2) is 67.0 Å². The number of rotatable bonds is 6. The fraction of sp³-hybridized carbons (Fsp3) is 0.115. The van der Waals surface area contributed by atoms with Crippen LogP contribution in [0.4, 0.5) is 16.2 Å². The van der Waals surface area contributed by atoms with Crippen LogP contribution in [-0.2, 0) is 9.59 Å². The molecule has 35 heavy (non-hydrogen) atoms. The fourth-order valence-electron chi connectivity index (χ4n) is 3.44. The van der Waals surface area contributed by atoms with Gasteiger partial charge in [0.2, 0.25) is 5.78 Å². The SMILES string of the molecule is CCC(=O)C(=O)Nc1cccc(-c2c[nH]c3ncc(N(C)C(=O)Oc4cccc(C#N)c4)cc23)c1. The van der Waals surface area contributed by atoms with Crippen LogP contribution in [0.5, 0.6) is 5.75 Å². The molecular formula is C26H21N5O4. The minimum atomic E-state index is -0.659. The molecular weight excluding hydrogens is 446 g/mol. The van der Waals surface area contributed by atoms with Gasteiger partial charge in [-0.15, -0.1) is 0 Å². The van der Waals surface area contributed by atoms with Crippen molar-refractivity contribution >= 4 is 40.2 Å². The second kappa shape index (κ2) is 9.89. The van der Waals surface area contributed by atoms with Crippen molar-refractivity contribution in [1.29, 1.82) is 5.26 Å². The van der Waals surface area contributed by atoms with Crippen LogP contribution in [-0.4, -0.2) is 34.8 Å². The zero-order valence-electron chi connectivity index (χ0n) is 19.0. The number of nitrogens with one attached hydrogen (secondary N) is 2. The van der Waals surface area contributed by atoms with Crippen LogP contribution < -0.4 is 15.0 Å². The number of ketones is 1. The molecule has 0 radical (unpaired) electrons. The summed E-state index contributed by atoms with van der Waals surface area (Å²) < 4.78 is 5.40. The first kappa shape index (κ1) is 23.2. The van der Waals surface area contributed by atoms with E-state index in [0.29, 0.717) is 22.6 Å². The first-order valence-corrected chi connectivity index (χ1v) is 10.8. The molecule has 2 heterocycles. The maximum Gasteiger partial charge on any atom is 0.419 e. The lowest BCUT2D eigenvalue weighted by Gasteiger charge is -2.17. The van der Waals surface area contributed by atoms with Crippen LogP contribution in [0.3, 0.4) is 0 Å². The van der Waals surface area contributed by atoms with Crippen molar-refractivity contribution in [2.75, 3.05) is 17.3 Å². The predicted octanol–water partition coefficient (Wildman–Crippen LogP) is 4.65. The standard InChI is InChI=1S/C26H21N5O4/c1-3-23(32)25(33)30-18-8-5-7-17(11-18)22-15-29-24-21(22)12-19(14-28-24)31(2)26(34)35-20-9-4-6-16(10-20)13-27/h4-12,14-15H,3H2,1-2H3,(H,28,29)(H,30,33). The van der Waals surface area contributed by atoms with E-state index in [-0.39, 0.29) is 12.2 Å². The van der Waals surface area contributed by atoms with Gasteiger partial charge in [0, 0.05) is 36.3 Å². The molecule has 9 nitrogen and oxygen atoms in total. The highest BCUT2D eigenvalue weighted by Gasteiger charge is 2.17. The summed E-state index contributed by atoms with van der Waals surface area (Å²) in [6.07, 6.45) is 2.82. The van der Waals surface area contributed by atoms with E-state index in [4.69, 9.17) is 10.00 Å². The molecule has 174 valence electrons. The number of fused-ring (bicyclic) bond motifs is 1. The average Bonchev–Trinajstić information content (AvgIpc) is 3.31. The maximum atomic E-state index is 12.7. The Morgan fingerprint density at radius 2 is 1.94 bits per heavy atom. The Morgan fingerprint density at radius 1 is 1.14 bits per heavy atom. The summed E-state index contributed by atoms with van der Waals surface area (Å²) in [7, 11) is 1.56.